The lowest BCUT2D eigenvalue weighted by Gasteiger charge is -1.94. The normalized spacial score (nSPS) is 10.9. The smallest absolute Gasteiger partial charge is 0.142 e. The molecule has 0 aliphatic carbocycles. The molecule has 2 nitrogen and oxygen atoms in total. The van der Waals surface area contributed by atoms with Crippen molar-refractivity contribution in [1.29, 1.82) is 0 Å². The first-order valence-corrected chi connectivity index (χ1v) is 4.20. The van der Waals surface area contributed by atoms with Crippen molar-refractivity contribution >= 4 is 24.7 Å². The average molecular weight is 186 g/mol. The number of benzene rings is 1. The molecule has 0 aliphatic heterocycles. The molecule has 1 aromatic carbocycles. The van der Waals surface area contributed by atoms with E-state index in [-0.39, 0.29) is 0 Å². The molecule has 1 rings (SSSR count). The number of carbonyl (C=O) groups is 2. The van der Waals surface area contributed by atoms with Crippen LogP contribution in [0.15, 0.2) is 36.4 Å². The number of carbonyl (C=O) groups excluding carboxylic acids is 2. The van der Waals surface area contributed by atoms with Gasteiger partial charge < -0.3 is 0 Å². The van der Waals surface area contributed by atoms with Gasteiger partial charge in [0.05, 0.1) is 0 Å². The van der Waals surface area contributed by atoms with Crippen molar-refractivity contribution < 1.29 is 9.59 Å². The number of rotatable bonds is 4. The summed E-state index contributed by atoms with van der Waals surface area (Å²) in [4.78, 5) is 20.1. The minimum absolute atomic E-state index is 0.736. The molecule has 0 saturated carbocycles. The lowest BCUT2D eigenvalue weighted by atomic mass is 10.1. The van der Waals surface area contributed by atoms with Gasteiger partial charge in [-0.25, -0.2) is 0 Å². The van der Waals surface area contributed by atoms with E-state index in [1.807, 2.05) is 24.3 Å². The summed E-state index contributed by atoms with van der Waals surface area (Å²) in [7, 11) is 0. The Hall–Kier alpha value is -1.96. The summed E-state index contributed by atoms with van der Waals surface area (Å²) in [6.45, 7) is 0. The molecule has 14 heavy (non-hydrogen) atoms. The minimum Gasteiger partial charge on any atom is -0.299 e. The molecule has 2 heteroatoms. The Morgan fingerprint density at radius 1 is 0.714 bits per heavy atom. The molecular formula is C12H10O2. The predicted molar refractivity (Wildman–Crippen MR) is 56.6 cm³/mol. The Morgan fingerprint density at radius 3 is 1.36 bits per heavy atom. The molecule has 0 atom stereocenters. The molecular weight excluding hydrogens is 176 g/mol. The molecule has 1 aromatic rings. The van der Waals surface area contributed by atoms with Crippen molar-refractivity contribution in [1.82, 2.24) is 0 Å². The van der Waals surface area contributed by atoms with E-state index in [1.165, 1.54) is 12.2 Å². The van der Waals surface area contributed by atoms with Gasteiger partial charge >= 0.3 is 0 Å². The second-order valence-electron chi connectivity index (χ2n) is 2.66. The van der Waals surface area contributed by atoms with Crippen LogP contribution in [-0.4, -0.2) is 12.6 Å². The first kappa shape index (κ1) is 10.1. The van der Waals surface area contributed by atoms with E-state index < -0.39 is 0 Å². The quantitative estimate of drug-likeness (QED) is 0.533. The fourth-order valence-electron chi connectivity index (χ4n) is 1.02. The molecule has 0 aliphatic rings. The van der Waals surface area contributed by atoms with Crippen molar-refractivity contribution in [3.05, 3.63) is 47.5 Å². The Bertz CT molecular complexity index is 321. The van der Waals surface area contributed by atoms with Gasteiger partial charge in [-0.2, -0.15) is 0 Å². The van der Waals surface area contributed by atoms with Crippen molar-refractivity contribution in [2.75, 3.05) is 0 Å². The van der Waals surface area contributed by atoms with Gasteiger partial charge in [0.1, 0.15) is 12.6 Å². The fourth-order valence-corrected chi connectivity index (χ4v) is 1.02. The number of aldehydes is 2. The first-order chi connectivity index (χ1) is 6.86. The van der Waals surface area contributed by atoms with Crippen LogP contribution in [0, 0.1) is 0 Å². The average Bonchev–Trinajstić information content (AvgIpc) is 2.25. The summed E-state index contributed by atoms with van der Waals surface area (Å²) in [6.07, 6.45) is 7.80. The molecule has 0 aromatic heterocycles. The third kappa shape index (κ3) is 3.19. The summed E-state index contributed by atoms with van der Waals surface area (Å²) in [5, 5.41) is 0. The molecule has 0 unspecified atom stereocenters. The zero-order valence-corrected chi connectivity index (χ0v) is 7.59. The molecule has 0 spiro atoms. The van der Waals surface area contributed by atoms with E-state index >= 15 is 0 Å². The van der Waals surface area contributed by atoms with E-state index in [9.17, 15) is 9.59 Å². The molecule has 0 saturated heterocycles. The highest BCUT2D eigenvalue weighted by atomic mass is 16.1. The van der Waals surface area contributed by atoms with Crippen LogP contribution in [0.4, 0.5) is 0 Å². The van der Waals surface area contributed by atoms with Gasteiger partial charge in [0.25, 0.3) is 0 Å². The summed E-state index contributed by atoms with van der Waals surface area (Å²) in [6, 6.07) is 7.52. The van der Waals surface area contributed by atoms with Gasteiger partial charge in [-0.15, -0.1) is 0 Å². The standard InChI is InChI=1S/C12H10O2/c13-9-1-3-11-5-7-12(8-6-11)4-2-10-14/h1-10H. The van der Waals surface area contributed by atoms with E-state index in [1.54, 1.807) is 12.2 Å². The SMILES string of the molecule is O=CC=Cc1ccc(C=CC=O)cc1. The van der Waals surface area contributed by atoms with Gasteiger partial charge in [-0.3, -0.25) is 9.59 Å². The molecule has 0 heterocycles. The first-order valence-electron chi connectivity index (χ1n) is 4.20. The van der Waals surface area contributed by atoms with Crippen LogP contribution in [0.2, 0.25) is 0 Å². The lowest BCUT2D eigenvalue weighted by Crippen LogP contribution is -1.74. The second-order valence-corrected chi connectivity index (χ2v) is 2.66. The maximum Gasteiger partial charge on any atom is 0.142 e. The number of allylic oxidation sites excluding steroid dienone is 2. The van der Waals surface area contributed by atoms with Gasteiger partial charge in [-0.1, -0.05) is 36.4 Å². The highest BCUT2D eigenvalue weighted by Crippen LogP contribution is 2.07. The summed E-state index contributed by atoms with van der Waals surface area (Å²) in [5.74, 6) is 0. The molecule has 70 valence electrons. The van der Waals surface area contributed by atoms with Crippen LogP contribution >= 0.6 is 0 Å². The Labute approximate surface area is 82.6 Å². The Balaban J connectivity index is 2.77. The lowest BCUT2D eigenvalue weighted by molar-refractivity contribution is -0.104. The maximum absolute atomic E-state index is 10.0. The van der Waals surface area contributed by atoms with Crippen molar-refractivity contribution in [3.63, 3.8) is 0 Å². The van der Waals surface area contributed by atoms with Gasteiger partial charge in [0.15, 0.2) is 0 Å². The Morgan fingerprint density at radius 2 is 1.07 bits per heavy atom. The monoisotopic (exact) mass is 186 g/mol. The van der Waals surface area contributed by atoms with E-state index in [0.29, 0.717) is 0 Å². The Kier molecular flexibility index (Phi) is 4.08. The van der Waals surface area contributed by atoms with Crippen molar-refractivity contribution in [3.8, 4) is 0 Å². The predicted octanol–water partition coefficient (Wildman–Crippen LogP) is 2.11. The molecule has 0 radical (unpaired) electrons. The minimum atomic E-state index is 0.736. The largest absolute Gasteiger partial charge is 0.299 e. The van der Waals surface area contributed by atoms with Crippen LogP contribution in [0.1, 0.15) is 11.1 Å². The van der Waals surface area contributed by atoms with Crippen LogP contribution in [0.25, 0.3) is 12.2 Å². The molecule has 0 N–H and O–H groups in total. The zero-order valence-electron chi connectivity index (χ0n) is 7.59. The van der Waals surface area contributed by atoms with Crippen molar-refractivity contribution in [2.24, 2.45) is 0 Å². The van der Waals surface area contributed by atoms with Gasteiger partial charge in [0.2, 0.25) is 0 Å². The summed E-state index contributed by atoms with van der Waals surface area (Å²) >= 11 is 0. The molecule has 0 fully saturated rings. The number of hydrogen-bond donors (Lipinski definition) is 0. The van der Waals surface area contributed by atoms with Gasteiger partial charge in [-0.05, 0) is 23.3 Å². The van der Waals surface area contributed by atoms with Crippen LogP contribution < -0.4 is 0 Å². The van der Waals surface area contributed by atoms with E-state index in [4.69, 9.17) is 0 Å². The topological polar surface area (TPSA) is 34.1 Å². The van der Waals surface area contributed by atoms with Crippen LogP contribution in [0.3, 0.4) is 0 Å². The zero-order chi connectivity index (χ0) is 10.2. The summed E-state index contributed by atoms with van der Waals surface area (Å²) in [5.41, 5.74) is 1.92. The van der Waals surface area contributed by atoms with Crippen molar-refractivity contribution in [2.45, 2.75) is 0 Å². The van der Waals surface area contributed by atoms with Gasteiger partial charge in [0, 0.05) is 0 Å². The third-order valence-electron chi connectivity index (χ3n) is 1.67. The second kappa shape index (κ2) is 5.65. The maximum atomic E-state index is 10.0. The molecule has 0 amide bonds. The third-order valence-corrected chi connectivity index (χ3v) is 1.67. The van der Waals surface area contributed by atoms with Crippen LogP contribution in [0.5, 0.6) is 0 Å². The van der Waals surface area contributed by atoms with E-state index in [0.717, 1.165) is 23.7 Å². The summed E-state index contributed by atoms with van der Waals surface area (Å²) < 4.78 is 0. The highest BCUT2D eigenvalue weighted by Gasteiger charge is 1.87. The van der Waals surface area contributed by atoms with E-state index in [2.05, 4.69) is 0 Å². The fraction of sp³-hybridized carbons (Fsp3) is 0. The molecule has 0 bridgehead atoms. The van der Waals surface area contributed by atoms with Crippen LogP contribution in [-0.2, 0) is 9.59 Å². The number of hydrogen-bond acceptors (Lipinski definition) is 2. The highest BCUT2D eigenvalue weighted by molar-refractivity contribution is 5.75.